The number of nitro groups is 1. The molecule has 0 N–H and O–H groups in total. The molecule has 1 aliphatic heterocycles. The molecular formula is C22H22FeN2O3+2. The van der Waals surface area contributed by atoms with Gasteiger partial charge >= 0.3 is 17.1 Å². The summed E-state index contributed by atoms with van der Waals surface area (Å²) in [5, 5.41) is 10.8. The van der Waals surface area contributed by atoms with Crippen LogP contribution in [0.1, 0.15) is 11.5 Å². The second-order valence-corrected chi connectivity index (χ2v) is 6.78. The number of rotatable bonds is 4. The number of carbonyl (C=O) groups excluding carboxylic acids is 1. The fourth-order valence-electron chi connectivity index (χ4n) is 3.52. The van der Waals surface area contributed by atoms with Gasteiger partial charge in [-0.3, -0.25) is 14.9 Å². The number of nitro benzene ring substituents is 1. The van der Waals surface area contributed by atoms with Gasteiger partial charge in [0, 0.05) is 43.0 Å². The van der Waals surface area contributed by atoms with E-state index in [0.29, 0.717) is 6.54 Å². The Morgan fingerprint density at radius 3 is 2.00 bits per heavy atom. The van der Waals surface area contributed by atoms with Gasteiger partial charge in [-0.25, -0.2) is 0 Å². The molecule has 2 unspecified atom stereocenters. The molecule has 1 heterocycles. The van der Waals surface area contributed by atoms with Crippen molar-refractivity contribution in [2.24, 2.45) is 5.92 Å². The fraction of sp³-hybridized carbons (Fsp3) is 0.227. The molecular weight excluding hydrogens is 396 g/mol. The molecule has 10 radical (unpaired) electrons. The van der Waals surface area contributed by atoms with Gasteiger partial charge in [0.1, 0.15) is 5.78 Å². The first kappa shape index (κ1) is 23.1. The van der Waals surface area contributed by atoms with Gasteiger partial charge in [0.15, 0.2) is 0 Å². The molecule has 3 fully saturated rings. The van der Waals surface area contributed by atoms with E-state index in [-0.39, 0.29) is 40.4 Å². The quantitative estimate of drug-likeness (QED) is 0.428. The molecule has 144 valence electrons. The number of hydrogen-bond acceptors (Lipinski definition) is 4. The molecule has 6 heteroatoms. The number of ketones is 1. The van der Waals surface area contributed by atoms with Gasteiger partial charge in [0.2, 0.25) is 0 Å². The van der Waals surface area contributed by atoms with Crippen LogP contribution in [-0.4, -0.2) is 35.7 Å². The summed E-state index contributed by atoms with van der Waals surface area (Å²) < 4.78 is 0. The Morgan fingerprint density at radius 2 is 1.50 bits per heavy atom. The maximum absolute atomic E-state index is 12.7. The van der Waals surface area contributed by atoms with Gasteiger partial charge in [-0.05, 0) is 70.4 Å². The zero-order valence-corrected chi connectivity index (χ0v) is 16.7. The van der Waals surface area contributed by atoms with Crippen LogP contribution in [0.5, 0.6) is 0 Å². The van der Waals surface area contributed by atoms with Crippen molar-refractivity contribution in [1.82, 2.24) is 4.90 Å². The Bertz CT molecular complexity index is 632. The average Bonchev–Trinajstić information content (AvgIpc) is 3.43. The van der Waals surface area contributed by atoms with Gasteiger partial charge in [-0.1, -0.05) is 12.1 Å². The van der Waals surface area contributed by atoms with Crippen molar-refractivity contribution in [2.75, 3.05) is 20.1 Å². The minimum absolute atomic E-state index is 0. The smallest absolute Gasteiger partial charge is 0.305 e. The Hall–Kier alpha value is -1.23. The van der Waals surface area contributed by atoms with Crippen molar-refractivity contribution in [2.45, 2.75) is 5.92 Å². The van der Waals surface area contributed by atoms with E-state index in [1.165, 1.54) is 12.1 Å². The molecule has 1 aromatic rings. The average molecular weight is 418 g/mol. The molecule has 0 aromatic heterocycles. The van der Waals surface area contributed by atoms with E-state index in [9.17, 15) is 14.9 Å². The predicted octanol–water partition coefficient (Wildman–Crippen LogP) is 3.23. The maximum Gasteiger partial charge on any atom is 2.00 e. The summed E-state index contributed by atoms with van der Waals surface area (Å²) in [6, 6.07) is 6.57. The minimum Gasteiger partial charge on any atom is -0.305 e. The van der Waals surface area contributed by atoms with Gasteiger partial charge in [0.25, 0.3) is 5.69 Å². The zero-order chi connectivity index (χ0) is 19.2. The zero-order valence-electron chi connectivity index (χ0n) is 15.5. The predicted molar refractivity (Wildman–Crippen MR) is 104 cm³/mol. The van der Waals surface area contributed by atoms with Gasteiger partial charge < -0.3 is 4.90 Å². The topological polar surface area (TPSA) is 63.5 Å². The summed E-state index contributed by atoms with van der Waals surface area (Å²) in [6.07, 6.45) is 17.4. The molecule has 28 heavy (non-hydrogen) atoms. The monoisotopic (exact) mass is 418 g/mol. The van der Waals surface area contributed by atoms with Crippen LogP contribution in [-0.2, 0) is 21.9 Å². The van der Waals surface area contributed by atoms with Crippen molar-refractivity contribution in [3.05, 3.63) is 104 Å². The van der Waals surface area contributed by atoms with E-state index >= 15 is 0 Å². The van der Waals surface area contributed by atoms with Gasteiger partial charge in [0.05, 0.1) is 4.92 Å². The van der Waals surface area contributed by atoms with Crippen molar-refractivity contribution in [3.8, 4) is 0 Å². The van der Waals surface area contributed by atoms with Crippen molar-refractivity contribution in [1.29, 1.82) is 0 Å². The van der Waals surface area contributed by atoms with Crippen molar-refractivity contribution in [3.63, 3.8) is 0 Å². The molecule has 1 saturated heterocycles. The summed E-state index contributed by atoms with van der Waals surface area (Å²) in [6.45, 7) is 1.50. The summed E-state index contributed by atoms with van der Waals surface area (Å²) in [7, 11) is 2.00. The van der Waals surface area contributed by atoms with E-state index in [0.717, 1.165) is 18.0 Å². The van der Waals surface area contributed by atoms with E-state index in [4.69, 9.17) is 0 Å². The van der Waals surface area contributed by atoms with E-state index in [1.807, 2.05) is 64.8 Å². The first-order valence-corrected chi connectivity index (χ1v) is 8.92. The SMILES string of the molecule is CN1CC(C(=O)[C]2[CH][CH][CH][CH]2)C(c2ccc([N+](=O)[O-])cc2)C1.[CH]1[CH][CH][CH][CH]1.[Fe+2]. The number of likely N-dealkylation sites (tertiary alicyclic amines) is 1. The third-order valence-corrected chi connectivity index (χ3v) is 4.87. The number of carbonyl (C=O) groups is 1. The van der Waals surface area contributed by atoms with Crippen molar-refractivity contribution >= 4 is 11.5 Å². The Kier molecular flexibility index (Phi) is 9.12. The van der Waals surface area contributed by atoms with E-state index in [2.05, 4.69) is 4.90 Å². The largest absolute Gasteiger partial charge is 2.00 e. The summed E-state index contributed by atoms with van der Waals surface area (Å²) >= 11 is 0. The van der Waals surface area contributed by atoms with E-state index in [1.54, 1.807) is 12.1 Å². The van der Waals surface area contributed by atoms with Crippen molar-refractivity contribution < 1.29 is 26.8 Å². The first-order chi connectivity index (χ1) is 13.1. The van der Waals surface area contributed by atoms with Gasteiger partial charge in [-0.2, -0.15) is 0 Å². The molecule has 3 aliphatic rings. The molecule has 5 nitrogen and oxygen atoms in total. The van der Waals surface area contributed by atoms with Crippen LogP contribution in [0.4, 0.5) is 5.69 Å². The number of Topliss-reactive ketones (excluding diaryl/α,β-unsaturated/α-hetero) is 1. The normalized spacial score (nSPS) is 25.0. The Morgan fingerprint density at radius 1 is 0.964 bits per heavy atom. The number of hydrogen-bond donors (Lipinski definition) is 0. The molecule has 0 spiro atoms. The molecule has 1 aromatic carbocycles. The van der Waals surface area contributed by atoms with Crippen LogP contribution in [0.15, 0.2) is 24.3 Å². The molecule has 4 rings (SSSR count). The molecule has 2 saturated carbocycles. The van der Waals surface area contributed by atoms with Crippen LogP contribution in [0.3, 0.4) is 0 Å². The van der Waals surface area contributed by atoms with Crippen LogP contribution in [0.2, 0.25) is 0 Å². The third-order valence-electron chi connectivity index (χ3n) is 4.87. The third kappa shape index (κ3) is 5.88. The number of likely N-dealkylation sites (N-methyl/N-ethyl adjacent to an activating group) is 1. The van der Waals surface area contributed by atoms with Gasteiger partial charge in [-0.15, -0.1) is 0 Å². The van der Waals surface area contributed by atoms with Crippen LogP contribution in [0.25, 0.3) is 0 Å². The number of nitrogens with zero attached hydrogens (tertiary/aromatic N) is 2. The summed E-state index contributed by atoms with van der Waals surface area (Å²) in [5.74, 6) is 0.868. The summed E-state index contributed by atoms with van der Waals surface area (Å²) in [4.78, 5) is 25.2. The number of benzene rings is 1. The fourth-order valence-corrected chi connectivity index (χ4v) is 3.52. The minimum atomic E-state index is -0.406. The second kappa shape index (κ2) is 11.1. The molecule has 2 atom stereocenters. The standard InChI is InChI=1S/C17H17N2O3.C5H5.Fe/c1-18-10-15(12-6-8-14(9-7-12)19(21)22)16(11-18)17(20)13-4-2-3-5-13;1-2-4-5-3-1;/h2-9,15-16H,10-11H2,1H3;1-5H;/q;;+2. The Labute approximate surface area is 178 Å². The molecule has 0 amide bonds. The van der Waals surface area contributed by atoms with Crippen LogP contribution >= 0.6 is 0 Å². The molecule has 2 aliphatic carbocycles. The first-order valence-electron chi connectivity index (χ1n) is 8.92. The van der Waals surface area contributed by atoms with E-state index < -0.39 is 4.92 Å². The Balaban J connectivity index is 0.000000408. The molecule has 0 bridgehead atoms. The number of non-ortho nitro benzene ring substituents is 1. The van der Waals surface area contributed by atoms with Crippen LogP contribution < -0.4 is 0 Å². The summed E-state index contributed by atoms with van der Waals surface area (Å²) in [5.41, 5.74) is 1.06. The second-order valence-electron chi connectivity index (χ2n) is 6.78. The maximum atomic E-state index is 12.7. The van der Waals surface area contributed by atoms with Crippen LogP contribution in [0, 0.1) is 79.7 Å².